The van der Waals surface area contributed by atoms with Gasteiger partial charge in [-0.15, -0.1) is 0 Å². The summed E-state index contributed by atoms with van der Waals surface area (Å²) in [5.74, 6) is -0.702. The van der Waals surface area contributed by atoms with Gasteiger partial charge in [0.1, 0.15) is 0 Å². The summed E-state index contributed by atoms with van der Waals surface area (Å²) in [5, 5.41) is 12.6. The Kier molecular flexibility index (Phi) is 4.79. The Hall–Kier alpha value is -1.26. The minimum atomic E-state index is -0.702. The number of likely N-dealkylation sites (tertiary alicyclic amines) is 1. The Morgan fingerprint density at radius 3 is 2.19 bits per heavy atom. The molecule has 1 saturated carbocycles. The summed E-state index contributed by atoms with van der Waals surface area (Å²) in [4.78, 5) is 25.7. The maximum Gasteiger partial charge on any atom is 0.317 e. The summed E-state index contributed by atoms with van der Waals surface area (Å²) < 4.78 is 0. The van der Waals surface area contributed by atoms with Gasteiger partial charge in [0.15, 0.2) is 0 Å². The van der Waals surface area contributed by atoms with E-state index in [0.29, 0.717) is 32.4 Å². The maximum atomic E-state index is 12.4. The van der Waals surface area contributed by atoms with Gasteiger partial charge in [0.05, 0.1) is 5.41 Å². The molecule has 2 N–H and O–H groups in total. The first-order chi connectivity index (χ1) is 9.91. The van der Waals surface area contributed by atoms with Gasteiger partial charge in [0, 0.05) is 18.6 Å². The highest BCUT2D eigenvalue weighted by molar-refractivity contribution is 5.77. The predicted octanol–water partition coefficient (Wildman–Crippen LogP) is 3.00. The van der Waals surface area contributed by atoms with Crippen LogP contribution in [0.3, 0.4) is 0 Å². The van der Waals surface area contributed by atoms with Crippen molar-refractivity contribution in [3.05, 3.63) is 0 Å². The van der Waals surface area contributed by atoms with E-state index >= 15 is 0 Å². The van der Waals surface area contributed by atoms with E-state index in [9.17, 15) is 14.7 Å². The number of carboxylic acids is 1. The summed E-state index contributed by atoms with van der Waals surface area (Å²) in [6, 6.07) is -0.0186. The average molecular weight is 296 g/mol. The topological polar surface area (TPSA) is 69.6 Å². The molecule has 5 heteroatoms. The van der Waals surface area contributed by atoms with Gasteiger partial charge in [0.25, 0.3) is 0 Å². The Bertz CT molecular complexity index is 394. The smallest absolute Gasteiger partial charge is 0.317 e. The summed E-state index contributed by atoms with van der Waals surface area (Å²) in [6.45, 7) is 5.23. The number of hydrogen-bond acceptors (Lipinski definition) is 2. The molecule has 2 rings (SSSR count). The number of carbonyl (C=O) groups is 2. The summed E-state index contributed by atoms with van der Waals surface area (Å²) in [7, 11) is 0. The zero-order valence-corrected chi connectivity index (χ0v) is 13.3. The Balaban J connectivity index is 1.90. The van der Waals surface area contributed by atoms with Crippen LogP contribution in [0.1, 0.15) is 65.2 Å². The highest BCUT2D eigenvalue weighted by atomic mass is 16.4. The fraction of sp³-hybridized carbons (Fsp3) is 0.875. The van der Waals surface area contributed by atoms with Crippen molar-refractivity contribution in [2.24, 2.45) is 5.41 Å². The highest BCUT2D eigenvalue weighted by Gasteiger charge is 2.42. The molecule has 5 nitrogen and oxygen atoms in total. The molecule has 0 bridgehead atoms. The first-order valence-corrected chi connectivity index (χ1v) is 8.21. The molecule has 0 aromatic heterocycles. The number of nitrogens with one attached hydrogen (secondary N) is 1. The molecule has 0 atom stereocenters. The van der Waals surface area contributed by atoms with E-state index in [-0.39, 0.29) is 11.6 Å². The van der Waals surface area contributed by atoms with E-state index < -0.39 is 11.4 Å². The third-order valence-corrected chi connectivity index (χ3v) is 5.31. The van der Waals surface area contributed by atoms with Crippen molar-refractivity contribution >= 4 is 12.0 Å². The lowest BCUT2D eigenvalue weighted by Gasteiger charge is -2.40. The van der Waals surface area contributed by atoms with Crippen LogP contribution in [0.2, 0.25) is 0 Å². The van der Waals surface area contributed by atoms with Crippen LogP contribution in [0.25, 0.3) is 0 Å². The van der Waals surface area contributed by atoms with Gasteiger partial charge in [0.2, 0.25) is 0 Å². The fourth-order valence-electron chi connectivity index (χ4n) is 3.80. The molecule has 21 heavy (non-hydrogen) atoms. The zero-order chi connectivity index (χ0) is 15.5. The lowest BCUT2D eigenvalue weighted by atomic mass is 9.75. The quantitative estimate of drug-likeness (QED) is 0.838. The van der Waals surface area contributed by atoms with Crippen molar-refractivity contribution in [2.75, 3.05) is 13.1 Å². The van der Waals surface area contributed by atoms with E-state index in [1.165, 1.54) is 12.8 Å². The second kappa shape index (κ2) is 6.24. The first-order valence-electron chi connectivity index (χ1n) is 8.21. The second-order valence-electron chi connectivity index (χ2n) is 7.02. The minimum absolute atomic E-state index is 0.0186. The number of rotatable bonds is 4. The Morgan fingerprint density at radius 1 is 1.14 bits per heavy atom. The van der Waals surface area contributed by atoms with Gasteiger partial charge in [-0.05, 0) is 39.0 Å². The molecule has 0 spiro atoms. The van der Waals surface area contributed by atoms with Crippen molar-refractivity contribution in [1.82, 2.24) is 10.2 Å². The molecule has 120 valence electrons. The van der Waals surface area contributed by atoms with Crippen molar-refractivity contribution in [3.63, 3.8) is 0 Å². The molecule has 0 radical (unpaired) electrons. The van der Waals surface area contributed by atoms with Crippen LogP contribution in [-0.2, 0) is 4.79 Å². The van der Waals surface area contributed by atoms with E-state index in [1.807, 2.05) is 6.92 Å². The number of carboxylic acid groups (broad SMARTS) is 1. The Morgan fingerprint density at radius 2 is 1.71 bits per heavy atom. The molecule has 1 heterocycles. The van der Waals surface area contributed by atoms with Crippen LogP contribution in [0.5, 0.6) is 0 Å². The summed E-state index contributed by atoms with van der Waals surface area (Å²) >= 11 is 0. The number of piperidine rings is 1. The number of amides is 2. The van der Waals surface area contributed by atoms with Gasteiger partial charge in [-0.25, -0.2) is 4.79 Å². The third kappa shape index (κ3) is 3.50. The van der Waals surface area contributed by atoms with Crippen molar-refractivity contribution in [2.45, 2.75) is 70.8 Å². The molecular formula is C16H28N2O3. The van der Waals surface area contributed by atoms with Gasteiger partial charge in [-0.3, -0.25) is 4.79 Å². The fourth-order valence-corrected chi connectivity index (χ4v) is 3.80. The molecule has 1 aliphatic carbocycles. The lowest BCUT2D eigenvalue weighted by molar-refractivity contribution is -0.152. The van der Waals surface area contributed by atoms with Gasteiger partial charge >= 0.3 is 12.0 Å². The molecule has 1 aliphatic heterocycles. The minimum Gasteiger partial charge on any atom is -0.481 e. The molecule has 0 aromatic carbocycles. The number of aliphatic carboxylic acids is 1. The maximum absolute atomic E-state index is 12.4. The van der Waals surface area contributed by atoms with Crippen LogP contribution in [-0.4, -0.2) is 40.6 Å². The van der Waals surface area contributed by atoms with Crippen LogP contribution < -0.4 is 5.32 Å². The second-order valence-corrected chi connectivity index (χ2v) is 7.02. The normalized spacial score (nSPS) is 23.8. The molecule has 1 saturated heterocycles. The standard InChI is InChI=1S/C16H28N2O3/c1-3-6-16(13(19)20)9-11-18(12-10-16)14(21)17-15(2)7-4-5-8-15/h3-12H2,1-2H3,(H,17,21)(H,19,20). The van der Waals surface area contributed by atoms with Crippen LogP contribution in [0, 0.1) is 5.41 Å². The van der Waals surface area contributed by atoms with Gasteiger partial charge in [-0.2, -0.15) is 0 Å². The first kappa shape index (κ1) is 16.1. The lowest BCUT2D eigenvalue weighted by Crippen LogP contribution is -2.54. The van der Waals surface area contributed by atoms with Crippen molar-refractivity contribution < 1.29 is 14.7 Å². The molecule has 2 amide bonds. The zero-order valence-electron chi connectivity index (χ0n) is 13.3. The van der Waals surface area contributed by atoms with E-state index in [2.05, 4.69) is 12.2 Å². The molecule has 0 aromatic rings. The summed E-state index contributed by atoms with van der Waals surface area (Å²) in [6.07, 6.45) is 7.15. The molecule has 0 unspecified atom stereocenters. The highest BCUT2D eigenvalue weighted by Crippen LogP contribution is 2.37. The van der Waals surface area contributed by atoms with E-state index in [0.717, 1.165) is 19.3 Å². The molecule has 2 aliphatic rings. The average Bonchev–Trinajstić information content (AvgIpc) is 2.86. The number of nitrogens with zero attached hydrogens (tertiary/aromatic N) is 1. The van der Waals surface area contributed by atoms with Gasteiger partial charge in [-0.1, -0.05) is 26.2 Å². The van der Waals surface area contributed by atoms with E-state index in [4.69, 9.17) is 0 Å². The molecule has 2 fully saturated rings. The van der Waals surface area contributed by atoms with Crippen molar-refractivity contribution in [1.29, 1.82) is 0 Å². The Labute approximate surface area is 127 Å². The van der Waals surface area contributed by atoms with Crippen LogP contribution in [0.15, 0.2) is 0 Å². The summed E-state index contributed by atoms with van der Waals surface area (Å²) in [5.41, 5.74) is -0.690. The molecular weight excluding hydrogens is 268 g/mol. The van der Waals surface area contributed by atoms with E-state index in [1.54, 1.807) is 4.90 Å². The number of hydrogen-bond donors (Lipinski definition) is 2. The van der Waals surface area contributed by atoms with Crippen molar-refractivity contribution in [3.8, 4) is 0 Å². The van der Waals surface area contributed by atoms with Crippen LogP contribution in [0.4, 0.5) is 4.79 Å². The SMILES string of the molecule is CCCC1(C(=O)O)CCN(C(=O)NC2(C)CCCC2)CC1. The third-order valence-electron chi connectivity index (χ3n) is 5.31. The largest absolute Gasteiger partial charge is 0.481 e. The van der Waals surface area contributed by atoms with Crippen LogP contribution >= 0.6 is 0 Å². The monoisotopic (exact) mass is 296 g/mol. The van der Waals surface area contributed by atoms with Gasteiger partial charge < -0.3 is 15.3 Å². The predicted molar refractivity (Wildman–Crippen MR) is 81.2 cm³/mol. The number of carbonyl (C=O) groups excluding carboxylic acids is 1. The number of urea groups is 1.